The van der Waals surface area contributed by atoms with Gasteiger partial charge in [0, 0.05) is 10.6 Å². The van der Waals surface area contributed by atoms with Gasteiger partial charge >= 0.3 is 6.18 Å². The lowest BCUT2D eigenvalue weighted by Crippen LogP contribution is -2.58. The summed E-state index contributed by atoms with van der Waals surface area (Å²) in [6, 6.07) is 10.3. The van der Waals surface area contributed by atoms with Crippen molar-refractivity contribution in [2.75, 3.05) is 7.11 Å². The molecule has 2 aromatic rings. The van der Waals surface area contributed by atoms with Crippen LogP contribution in [0.2, 0.25) is 10.0 Å². The molecule has 2 aromatic carbocycles. The van der Waals surface area contributed by atoms with Crippen LogP contribution in [0.4, 0.5) is 13.2 Å². The third-order valence-electron chi connectivity index (χ3n) is 4.60. The van der Waals surface area contributed by atoms with Gasteiger partial charge in [-0.15, -0.1) is 0 Å². The summed E-state index contributed by atoms with van der Waals surface area (Å²) in [5, 5.41) is 14.6. The Bertz CT molecular complexity index is 1030. The lowest BCUT2D eigenvalue weighted by atomic mass is 10.0. The fourth-order valence-electron chi connectivity index (χ4n) is 2.95. The molecule has 0 fully saturated rings. The highest BCUT2D eigenvalue weighted by Gasteiger charge is 2.63. The van der Waals surface area contributed by atoms with Gasteiger partial charge in [-0.25, -0.2) is 0 Å². The van der Waals surface area contributed by atoms with E-state index in [1.165, 1.54) is 44.4 Å². The molecule has 166 valence electrons. The van der Waals surface area contributed by atoms with E-state index in [9.17, 15) is 23.1 Å². The molecule has 1 amide bonds. The molecule has 3 rings (SSSR count). The lowest BCUT2D eigenvalue weighted by Gasteiger charge is -2.33. The van der Waals surface area contributed by atoms with Crippen molar-refractivity contribution in [2.45, 2.75) is 31.3 Å². The number of carbonyl (C=O) groups excluding carboxylic acids is 1. The van der Waals surface area contributed by atoms with E-state index in [1.807, 2.05) is 0 Å². The molecule has 0 saturated heterocycles. The van der Waals surface area contributed by atoms with Crippen molar-refractivity contribution in [3.63, 3.8) is 0 Å². The van der Waals surface area contributed by atoms with E-state index in [4.69, 9.17) is 32.7 Å². The molecule has 0 spiro atoms. The molecule has 11 heteroatoms. The summed E-state index contributed by atoms with van der Waals surface area (Å²) in [4.78, 5) is 12.8. The quantitative estimate of drug-likeness (QED) is 0.681. The number of methoxy groups -OCH3 is 1. The number of hydrazone groups is 1. The Morgan fingerprint density at radius 2 is 1.97 bits per heavy atom. The van der Waals surface area contributed by atoms with Crippen molar-refractivity contribution in [3.05, 3.63) is 58.1 Å². The van der Waals surface area contributed by atoms with Crippen LogP contribution < -0.4 is 9.47 Å². The van der Waals surface area contributed by atoms with Crippen LogP contribution in [0.3, 0.4) is 0 Å². The molecule has 1 aliphatic heterocycles. The van der Waals surface area contributed by atoms with E-state index in [0.717, 1.165) is 0 Å². The normalized spacial score (nSPS) is 19.7. The number of carbonyl (C=O) groups is 1. The van der Waals surface area contributed by atoms with Crippen molar-refractivity contribution >= 4 is 34.8 Å². The number of halogens is 5. The topological polar surface area (TPSA) is 71.4 Å². The monoisotopic (exact) mass is 476 g/mol. The Labute approximate surface area is 185 Å². The molecule has 0 unspecified atom stereocenters. The van der Waals surface area contributed by atoms with E-state index < -0.39 is 30.3 Å². The van der Waals surface area contributed by atoms with Gasteiger partial charge in [-0.2, -0.15) is 23.3 Å². The molecule has 1 heterocycles. The van der Waals surface area contributed by atoms with Gasteiger partial charge < -0.3 is 14.6 Å². The minimum atomic E-state index is -5.18. The Hall–Kier alpha value is -2.49. The highest BCUT2D eigenvalue weighted by Crippen LogP contribution is 2.42. The number of amides is 1. The summed E-state index contributed by atoms with van der Waals surface area (Å²) in [5.41, 5.74) is -3.40. The summed E-state index contributed by atoms with van der Waals surface area (Å²) in [5.74, 6) is -0.781. The fourth-order valence-corrected chi connectivity index (χ4v) is 3.40. The standard InChI is InChI=1S/C20H17Cl2F3N2O4/c1-11(31-17-7-6-13(21)9-15(17)22)18(28)27-19(29,20(23,24)25)10-16(26-27)12-4-3-5-14(8-12)30-2/h3-9,11,29H,10H2,1-2H3/t11-,19+/m0/s1. The summed E-state index contributed by atoms with van der Waals surface area (Å²) < 4.78 is 51.8. The number of aliphatic hydroxyl groups is 1. The first kappa shape index (κ1) is 23.2. The number of hydrogen-bond donors (Lipinski definition) is 1. The van der Waals surface area contributed by atoms with Gasteiger partial charge in [-0.3, -0.25) is 4.79 Å². The maximum absolute atomic E-state index is 13.8. The SMILES string of the molecule is COc1cccc(C2=NN(C(=O)[C@H](C)Oc3ccc(Cl)cc3Cl)[C@](O)(C(F)(F)F)C2)c1. The Balaban J connectivity index is 1.93. The van der Waals surface area contributed by atoms with Crippen LogP contribution in [-0.4, -0.2) is 46.8 Å². The first-order valence-corrected chi connectivity index (χ1v) is 9.68. The second-order valence-corrected chi connectivity index (χ2v) is 7.60. The van der Waals surface area contributed by atoms with Gasteiger partial charge in [0.2, 0.25) is 0 Å². The molecule has 2 atom stereocenters. The van der Waals surface area contributed by atoms with Crippen LogP contribution >= 0.6 is 23.2 Å². The highest BCUT2D eigenvalue weighted by atomic mass is 35.5. The smallest absolute Gasteiger partial charge is 0.438 e. The second-order valence-electron chi connectivity index (χ2n) is 6.75. The number of alkyl halides is 3. The van der Waals surface area contributed by atoms with Gasteiger partial charge in [-0.1, -0.05) is 35.3 Å². The number of rotatable bonds is 5. The predicted molar refractivity (Wildman–Crippen MR) is 109 cm³/mol. The molecule has 1 N–H and O–H groups in total. The Morgan fingerprint density at radius 1 is 1.26 bits per heavy atom. The van der Waals surface area contributed by atoms with Crippen LogP contribution in [0.1, 0.15) is 18.9 Å². The second kappa shape index (κ2) is 8.57. The molecular weight excluding hydrogens is 460 g/mol. The third kappa shape index (κ3) is 4.58. The molecule has 1 aliphatic rings. The van der Waals surface area contributed by atoms with E-state index in [2.05, 4.69) is 5.10 Å². The highest BCUT2D eigenvalue weighted by molar-refractivity contribution is 6.35. The molecule has 0 bridgehead atoms. The van der Waals surface area contributed by atoms with Crippen LogP contribution in [0.5, 0.6) is 11.5 Å². The zero-order valence-corrected chi connectivity index (χ0v) is 17.8. The average Bonchev–Trinajstić information content (AvgIpc) is 3.08. The van der Waals surface area contributed by atoms with E-state index in [-0.39, 0.29) is 27.1 Å². The maximum atomic E-state index is 13.8. The van der Waals surface area contributed by atoms with Gasteiger partial charge in [0.1, 0.15) is 11.5 Å². The minimum Gasteiger partial charge on any atom is -0.497 e. The number of benzene rings is 2. The fraction of sp³-hybridized carbons (Fsp3) is 0.300. The summed E-state index contributed by atoms with van der Waals surface area (Å²) >= 11 is 11.8. The first-order valence-electron chi connectivity index (χ1n) is 8.93. The van der Waals surface area contributed by atoms with Gasteiger partial charge in [0.15, 0.2) is 6.10 Å². The minimum absolute atomic E-state index is 0.0102. The van der Waals surface area contributed by atoms with Crippen molar-refractivity contribution in [1.82, 2.24) is 5.01 Å². The number of nitrogens with zero attached hydrogens (tertiary/aromatic N) is 2. The van der Waals surface area contributed by atoms with E-state index in [0.29, 0.717) is 10.8 Å². The third-order valence-corrected chi connectivity index (χ3v) is 5.13. The van der Waals surface area contributed by atoms with Crippen molar-refractivity contribution in [3.8, 4) is 11.5 Å². The molecular formula is C20H17Cl2F3N2O4. The Morgan fingerprint density at radius 3 is 2.58 bits per heavy atom. The lowest BCUT2D eigenvalue weighted by molar-refractivity contribution is -0.303. The van der Waals surface area contributed by atoms with Crippen LogP contribution in [0.25, 0.3) is 0 Å². The van der Waals surface area contributed by atoms with Crippen molar-refractivity contribution in [2.24, 2.45) is 5.10 Å². The molecule has 0 saturated carbocycles. The molecule has 0 aliphatic carbocycles. The van der Waals surface area contributed by atoms with Gasteiger partial charge in [0.25, 0.3) is 11.6 Å². The largest absolute Gasteiger partial charge is 0.497 e. The average molecular weight is 477 g/mol. The van der Waals surface area contributed by atoms with Crippen LogP contribution in [-0.2, 0) is 4.79 Å². The van der Waals surface area contributed by atoms with Crippen LogP contribution in [0.15, 0.2) is 47.6 Å². The summed E-state index contributed by atoms with van der Waals surface area (Å²) in [6.45, 7) is 1.23. The van der Waals surface area contributed by atoms with Crippen LogP contribution in [0, 0.1) is 0 Å². The molecule has 6 nitrogen and oxygen atoms in total. The van der Waals surface area contributed by atoms with E-state index in [1.54, 1.807) is 12.1 Å². The number of ether oxygens (including phenoxy) is 2. The zero-order chi connectivity index (χ0) is 23.0. The molecule has 31 heavy (non-hydrogen) atoms. The molecule has 0 aromatic heterocycles. The van der Waals surface area contributed by atoms with E-state index >= 15 is 0 Å². The summed E-state index contributed by atoms with van der Waals surface area (Å²) in [7, 11) is 1.40. The zero-order valence-electron chi connectivity index (χ0n) is 16.3. The number of hydrogen-bond acceptors (Lipinski definition) is 5. The summed E-state index contributed by atoms with van der Waals surface area (Å²) in [6.07, 6.45) is -7.57. The Kier molecular flexibility index (Phi) is 6.40. The first-order chi connectivity index (χ1) is 14.5. The predicted octanol–water partition coefficient (Wildman–Crippen LogP) is 4.66. The maximum Gasteiger partial charge on any atom is 0.438 e. The van der Waals surface area contributed by atoms with Crippen molar-refractivity contribution < 1.29 is 32.5 Å². The van der Waals surface area contributed by atoms with Crippen molar-refractivity contribution in [1.29, 1.82) is 0 Å². The van der Waals surface area contributed by atoms with Gasteiger partial charge in [-0.05, 0) is 37.3 Å². The molecule has 0 radical (unpaired) electrons. The van der Waals surface area contributed by atoms with Gasteiger partial charge in [0.05, 0.1) is 24.3 Å².